The Kier molecular flexibility index (Phi) is 6.82. The van der Waals surface area contributed by atoms with Crippen LogP contribution in [0.1, 0.15) is 36.1 Å². The van der Waals surface area contributed by atoms with Crippen LogP contribution in [0, 0.1) is 0 Å². The first-order valence-corrected chi connectivity index (χ1v) is 9.97. The molecule has 3 rings (SSSR count). The largest absolute Gasteiger partial charge is 0.322 e. The van der Waals surface area contributed by atoms with E-state index in [-0.39, 0.29) is 0 Å². The van der Waals surface area contributed by atoms with Crippen LogP contribution in [0.15, 0.2) is 58.5 Å². The standard InChI is InChI=1S/C20H27N5S/c21-23-19(24-22)9-4-12-25-13-10-17(11-14-25)20(18-8-5-15-26-18)16-6-2-1-3-7-16/h1-3,5-8,15H,4,9-14,21-22H2,(H,23,24). The second kappa shape index (κ2) is 9.52. The van der Waals surface area contributed by atoms with Crippen molar-refractivity contribution < 1.29 is 0 Å². The van der Waals surface area contributed by atoms with E-state index in [1.54, 1.807) is 5.57 Å². The lowest BCUT2D eigenvalue weighted by Crippen LogP contribution is -2.34. The highest BCUT2D eigenvalue weighted by Gasteiger charge is 2.19. The molecule has 0 bridgehead atoms. The SMILES string of the molecule is N/N=C(/CCCN1CCC(=C(c2ccccc2)c2cccs2)CC1)NN. The van der Waals surface area contributed by atoms with Gasteiger partial charge in [0, 0.05) is 24.4 Å². The van der Waals surface area contributed by atoms with E-state index in [0.717, 1.165) is 45.3 Å². The van der Waals surface area contributed by atoms with Crippen molar-refractivity contribution in [3.05, 3.63) is 63.9 Å². The Balaban J connectivity index is 1.66. The van der Waals surface area contributed by atoms with Gasteiger partial charge in [0.15, 0.2) is 0 Å². The Morgan fingerprint density at radius 1 is 1.12 bits per heavy atom. The molecule has 138 valence electrons. The van der Waals surface area contributed by atoms with Crippen LogP contribution in [-0.4, -0.2) is 30.4 Å². The van der Waals surface area contributed by atoms with Crippen LogP contribution in [0.2, 0.25) is 0 Å². The smallest absolute Gasteiger partial charge is 0.135 e. The van der Waals surface area contributed by atoms with Crippen LogP contribution in [-0.2, 0) is 0 Å². The third-order valence-corrected chi connectivity index (χ3v) is 5.74. The first-order valence-electron chi connectivity index (χ1n) is 9.09. The molecule has 6 heteroatoms. The quantitative estimate of drug-likeness (QED) is 0.316. The summed E-state index contributed by atoms with van der Waals surface area (Å²) in [5.41, 5.74) is 6.88. The summed E-state index contributed by atoms with van der Waals surface area (Å²) in [5, 5.41) is 5.80. The lowest BCUT2D eigenvalue weighted by atomic mass is 9.92. The number of hydrogen-bond acceptors (Lipinski definition) is 5. The van der Waals surface area contributed by atoms with Gasteiger partial charge in [-0.25, -0.2) is 5.84 Å². The van der Waals surface area contributed by atoms with Gasteiger partial charge in [0.1, 0.15) is 5.84 Å². The molecule has 0 unspecified atom stereocenters. The first kappa shape index (κ1) is 18.6. The zero-order valence-corrected chi connectivity index (χ0v) is 15.8. The molecule has 1 aliphatic heterocycles. The number of hydrazone groups is 1. The van der Waals surface area contributed by atoms with Crippen molar-refractivity contribution in [1.29, 1.82) is 0 Å². The molecule has 5 nitrogen and oxygen atoms in total. The summed E-state index contributed by atoms with van der Waals surface area (Å²) in [7, 11) is 0. The Bertz CT molecular complexity index is 727. The Labute approximate surface area is 159 Å². The van der Waals surface area contributed by atoms with Crippen molar-refractivity contribution in [2.24, 2.45) is 16.8 Å². The maximum atomic E-state index is 5.38. The highest BCUT2D eigenvalue weighted by molar-refractivity contribution is 7.11. The molecule has 0 amide bonds. The first-order chi connectivity index (χ1) is 12.8. The second-order valence-corrected chi connectivity index (χ2v) is 7.43. The highest BCUT2D eigenvalue weighted by atomic mass is 32.1. The molecule has 0 aliphatic carbocycles. The number of thiophene rings is 1. The topological polar surface area (TPSA) is 79.7 Å². The number of piperidine rings is 1. The van der Waals surface area contributed by atoms with E-state index in [1.807, 2.05) is 11.3 Å². The number of rotatable bonds is 6. The Morgan fingerprint density at radius 3 is 2.50 bits per heavy atom. The molecular weight excluding hydrogens is 342 g/mol. The zero-order valence-electron chi connectivity index (χ0n) is 15.0. The van der Waals surface area contributed by atoms with Gasteiger partial charge in [-0.3, -0.25) is 0 Å². The molecule has 26 heavy (non-hydrogen) atoms. The minimum atomic E-state index is 0.659. The Hall–Kier alpha value is -2.15. The van der Waals surface area contributed by atoms with E-state index in [4.69, 9.17) is 11.7 Å². The average Bonchev–Trinajstić information content (AvgIpc) is 3.22. The molecule has 0 radical (unpaired) electrons. The van der Waals surface area contributed by atoms with Gasteiger partial charge in [-0.1, -0.05) is 42.0 Å². The third kappa shape index (κ3) is 4.72. The molecule has 2 heterocycles. The van der Waals surface area contributed by atoms with Crippen LogP contribution in [0.5, 0.6) is 0 Å². The highest BCUT2D eigenvalue weighted by Crippen LogP contribution is 2.34. The van der Waals surface area contributed by atoms with Gasteiger partial charge in [0.05, 0.1) is 0 Å². The van der Waals surface area contributed by atoms with Gasteiger partial charge in [-0.2, -0.15) is 5.10 Å². The number of likely N-dealkylation sites (tertiary alicyclic amines) is 1. The summed E-state index contributed by atoms with van der Waals surface area (Å²) in [4.78, 5) is 3.89. The monoisotopic (exact) mass is 369 g/mol. The van der Waals surface area contributed by atoms with Gasteiger partial charge >= 0.3 is 0 Å². The summed E-state index contributed by atoms with van der Waals surface area (Å²) in [6.07, 6.45) is 4.04. The molecule has 0 saturated carbocycles. The maximum absolute atomic E-state index is 5.38. The van der Waals surface area contributed by atoms with E-state index in [9.17, 15) is 0 Å². The van der Waals surface area contributed by atoms with Crippen molar-refractivity contribution in [1.82, 2.24) is 10.3 Å². The number of benzene rings is 1. The summed E-state index contributed by atoms with van der Waals surface area (Å²) in [6, 6.07) is 15.2. The number of nitrogens with one attached hydrogen (secondary N) is 1. The van der Waals surface area contributed by atoms with E-state index in [1.165, 1.54) is 16.0 Å². The zero-order chi connectivity index (χ0) is 18.2. The van der Waals surface area contributed by atoms with Crippen molar-refractivity contribution >= 4 is 22.7 Å². The number of amidine groups is 1. The summed E-state index contributed by atoms with van der Waals surface area (Å²) >= 11 is 1.83. The minimum absolute atomic E-state index is 0.659. The lowest BCUT2D eigenvalue weighted by Gasteiger charge is -2.30. The number of nitrogens with two attached hydrogens (primary N) is 2. The fourth-order valence-corrected chi connectivity index (χ4v) is 4.33. The Morgan fingerprint density at radius 2 is 1.88 bits per heavy atom. The van der Waals surface area contributed by atoms with E-state index >= 15 is 0 Å². The molecule has 2 aromatic rings. The molecular formula is C20H27N5S. The van der Waals surface area contributed by atoms with Crippen molar-refractivity contribution in [2.45, 2.75) is 25.7 Å². The average molecular weight is 370 g/mol. The normalized spacial score (nSPS) is 15.9. The summed E-state index contributed by atoms with van der Waals surface area (Å²) in [5.74, 6) is 11.3. The predicted octanol–water partition coefficient (Wildman–Crippen LogP) is 3.16. The summed E-state index contributed by atoms with van der Waals surface area (Å²) in [6.45, 7) is 3.25. The van der Waals surface area contributed by atoms with Gasteiger partial charge in [-0.15, -0.1) is 11.3 Å². The number of hydrazine groups is 1. The molecule has 1 saturated heterocycles. The van der Waals surface area contributed by atoms with Gasteiger partial charge < -0.3 is 16.2 Å². The maximum Gasteiger partial charge on any atom is 0.135 e. The van der Waals surface area contributed by atoms with Crippen LogP contribution in [0.3, 0.4) is 0 Å². The van der Waals surface area contributed by atoms with Crippen LogP contribution in [0.4, 0.5) is 0 Å². The fourth-order valence-electron chi connectivity index (χ4n) is 3.49. The van der Waals surface area contributed by atoms with Crippen LogP contribution in [0.25, 0.3) is 5.57 Å². The number of hydrogen-bond donors (Lipinski definition) is 3. The van der Waals surface area contributed by atoms with E-state index in [0.29, 0.717) is 5.84 Å². The number of nitrogens with zero attached hydrogens (tertiary/aromatic N) is 2. The molecule has 1 aliphatic rings. The van der Waals surface area contributed by atoms with Gasteiger partial charge in [-0.05, 0) is 48.4 Å². The molecule has 5 N–H and O–H groups in total. The van der Waals surface area contributed by atoms with Crippen molar-refractivity contribution in [3.8, 4) is 0 Å². The molecule has 1 fully saturated rings. The molecule has 1 aromatic carbocycles. The second-order valence-electron chi connectivity index (χ2n) is 6.49. The van der Waals surface area contributed by atoms with E-state index < -0.39 is 0 Å². The predicted molar refractivity (Wildman–Crippen MR) is 111 cm³/mol. The summed E-state index contributed by atoms with van der Waals surface area (Å²) < 4.78 is 0. The van der Waals surface area contributed by atoms with Gasteiger partial charge in [0.2, 0.25) is 0 Å². The van der Waals surface area contributed by atoms with Crippen LogP contribution < -0.4 is 17.1 Å². The van der Waals surface area contributed by atoms with E-state index in [2.05, 4.69) is 63.3 Å². The van der Waals surface area contributed by atoms with Gasteiger partial charge in [0.25, 0.3) is 0 Å². The van der Waals surface area contributed by atoms with Crippen molar-refractivity contribution in [2.75, 3.05) is 19.6 Å². The third-order valence-electron chi connectivity index (χ3n) is 4.85. The molecule has 1 aromatic heterocycles. The fraction of sp³-hybridized carbons (Fsp3) is 0.350. The van der Waals surface area contributed by atoms with Crippen molar-refractivity contribution in [3.63, 3.8) is 0 Å². The lowest BCUT2D eigenvalue weighted by molar-refractivity contribution is 0.255. The minimum Gasteiger partial charge on any atom is -0.322 e. The molecule has 0 atom stereocenters. The molecule has 0 spiro atoms. The van der Waals surface area contributed by atoms with Crippen LogP contribution >= 0.6 is 11.3 Å².